The fraction of sp³-hybridized carbons (Fsp3) is 0.500. The van der Waals surface area contributed by atoms with Gasteiger partial charge in [0.25, 0.3) is 0 Å². The quantitative estimate of drug-likeness (QED) is 0.839. The van der Waals surface area contributed by atoms with E-state index < -0.39 is 23.0 Å². The number of halogens is 2. The molecular formula is C14H17F2NO. The van der Waals surface area contributed by atoms with E-state index in [0.717, 1.165) is 31.4 Å². The summed E-state index contributed by atoms with van der Waals surface area (Å²) in [7, 11) is 0. The van der Waals surface area contributed by atoms with Crippen molar-refractivity contribution in [2.45, 2.75) is 44.7 Å². The molecule has 2 nitrogen and oxygen atoms in total. The molecule has 1 aromatic carbocycles. The summed E-state index contributed by atoms with van der Waals surface area (Å²) >= 11 is 0. The van der Waals surface area contributed by atoms with Crippen LogP contribution < -0.4 is 5.32 Å². The van der Waals surface area contributed by atoms with Crippen molar-refractivity contribution in [2.24, 2.45) is 0 Å². The summed E-state index contributed by atoms with van der Waals surface area (Å²) in [5.41, 5.74) is -0.405. The van der Waals surface area contributed by atoms with Gasteiger partial charge in [-0.25, -0.2) is 8.78 Å². The molecule has 98 valence electrons. The maximum Gasteiger partial charge on any atom is 0.170 e. The zero-order chi connectivity index (χ0) is 13.1. The third-order valence-electron chi connectivity index (χ3n) is 3.38. The van der Waals surface area contributed by atoms with E-state index >= 15 is 0 Å². The van der Waals surface area contributed by atoms with Crippen molar-refractivity contribution in [1.29, 1.82) is 0 Å². The molecule has 0 radical (unpaired) electrons. The number of hydrogen-bond donors (Lipinski definition) is 1. The van der Waals surface area contributed by atoms with Gasteiger partial charge in [0.1, 0.15) is 11.6 Å². The highest BCUT2D eigenvalue weighted by molar-refractivity contribution is 5.96. The van der Waals surface area contributed by atoms with Gasteiger partial charge in [0.2, 0.25) is 0 Å². The van der Waals surface area contributed by atoms with E-state index in [1.54, 1.807) is 0 Å². The highest BCUT2D eigenvalue weighted by Gasteiger charge is 2.24. The Labute approximate surface area is 105 Å². The molecule has 1 fully saturated rings. The molecule has 0 spiro atoms. The van der Waals surface area contributed by atoms with E-state index in [9.17, 15) is 13.6 Å². The molecule has 0 aromatic heterocycles. The second-order valence-corrected chi connectivity index (χ2v) is 4.92. The number of nitrogens with one attached hydrogen (secondary N) is 1. The van der Waals surface area contributed by atoms with E-state index in [1.807, 2.05) is 0 Å². The number of carbonyl (C=O) groups is 1. The summed E-state index contributed by atoms with van der Waals surface area (Å²) in [6.45, 7) is 2.06. The SMILES string of the molecule is CC1CCCC(CC(=O)c2c(F)cccc2F)N1. The summed E-state index contributed by atoms with van der Waals surface area (Å²) in [6.07, 6.45) is 3.17. The van der Waals surface area contributed by atoms with Crippen molar-refractivity contribution in [3.63, 3.8) is 0 Å². The number of rotatable bonds is 3. The number of carbonyl (C=O) groups excluding carboxylic acids is 1. The highest BCUT2D eigenvalue weighted by atomic mass is 19.1. The van der Waals surface area contributed by atoms with Gasteiger partial charge in [0.05, 0.1) is 5.56 Å². The van der Waals surface area contributed by atoms with Crippen molar-refractivity contribution >= 4 is 5.78 Å². The van der Waals surface area contributed by atoms with Gasteiger partial charge in [0.15, 0.2) is 5.78 Å². The summed E-state index contributed by atoms with van der Waals surface area (Å²) < 4.78 is 26.9. The Hall–Kier alpha value is -1.29. The van der Waals surface area contributed by atoms with E-state index in [0.29, 0.717) is 6.04 Å². The lowest BCUT2D eigenvalue weighted by Crippen LogP contribution is -2.41. The van der Waals surface area contributed by atoms with Crippen LogP contribution in [0.4, 0.5) is 8.78 Å². The summed E-state index contributed by atoms with van der Waals surface area (Å²) in [5, 5.41) is 3.29. The molecule has 4 heteroatoms. The molecule has 2 unspecified atom stereocenters. The van der Waals surface area contributed by atoms with E-state index in [2.05, 4.69) is 12.2 Å². The molecule has 1 aliphatic heterocycles. The summed E-state index contributed by atoms with van der Waals surface area (Å²) in [5.74, 6) is -2.01. The average molecular weight is 253 g/mol. The van der Waals surface area contributed by atoms with Gasteiger partial charge in [0, 0.05) is 18.5 Å². The number of ketones is 1. The minimum absolute atomic E-state index is 0.0280. The van der Waals surface area contributed by atoms with Crippen molar-refractivity contribution < 1.29 is 13.6 Å². The van der Waals surface area contributed by atoms with Crippen LogP contribution in [0.1, 0.15) is 43.0 Å². The Morgan fingerprint density at radius 2 is 2.00 bits per heavy atom. The first kappa shape index (κ1) is 13.1. The van der Waals surface area contributed by atoms with Crippen molar-refractivity contribution in [1.82, 2.24) is 5.32 Å². The first-order valence-corrected chi connectivity index (χ1v) is 6.31. The Balaban J connectivity index is 2.07. The molecule has 1 heterocycles. The molecule has 18 heavy (non-hydrogen) atoms. The zero-order valence-corrected chi connectivity index (χ0v) is 10.4. The number of piperidine rings is 1. The van der Waals surface area contributed by atoms with Gasteiger partial charge in [-0.3, -0.25) is 4.79 Å². The third-order valence-corrected chi connectivity index (χ3v) is 3.38. The minimum Gasteiger partial charge on any atom is -0.311 e. The van der Waals surface area contributed by atoms with Crippen molar-refractivity contribution in [3.05, 3.63) is 35.4 Å². The summed E-state index contributed by atoms with van der Waals surface area (Å²) in [6, 6.07) is 3.89. The first-order chi connectivity index (χ1) is 8.58. The van der Waals surface area contributed by atoms with Gasteiger partial charge < -0.3 is 5.32 Å². The highest BCUT2D eigenvalue weighted by Crippen LogP contribution is 2.19. The van der Waals surface area contributed by atoms with Crippen molar-refractivity contribution in [2.75, 3.05) is 0 Å². The maximum absolute atomic E-state index is 13.5. The van der Waals surface area contributed by atoms with Crippen LogP contribution in [0.3, 0.4) is 0 Å². The largest absolute Gasteiger partial charge is 0.311 e. The van der Waals surface area contributed by atoms with Crippen molar-refractivity contribution in [3.8, 4) is 0 Å². The molecule has 0 amide bonds. The predicted octanol–water partition coefficient (Wildman–Crippen LogP) is 3.07. The van der Waals surface area contributed by atoms with E-state index in [-0.39, 0.29) is 12.5 Å². The van der Waals surface area contributed by atoms with Crippen LogP contribution in [0.25, 0.3) is 0 Å². The Kier molecular flexibility index (Phi) is 4.07. The van der Waals surface area contributed by atoms with Gasteiger partial charge in [-0.15, -0.1) is 0 Å². The number of benzene rings is 1. The van der Waals surface area contributed by atoms with Crippen LogP contribution in [-0.4, -0.2) is 17.9 Å². The van der Waals surface area contributed by atoms with Gasteiger partial charge in [-0.1, -0.05) is 12.5 Å². The average Bonchev–Trinajstić information content (AvgIpc) is 2.28. The maximum atomic E-state index is 13.5. The smallest absolute Gasteiger partial charge is 0.170 e. The second-order valence-electron chi connectivity index (χ2n) is 4.92. The molecule has 0 bridgehead atoms. The zero-order valence-electron chi connectivity index (χ0n) is 10.4. The molecule has 1 saturated heterocycles. The van der Waals surface area contributed by atoms with Gasteiger partial charge >= 0.3 is 0 Å². The molecule has 1 aromatic rings. The minimum atomic E-state index is -0.774. The van der Waals surface area contributed by atoms with Crippen LogP contribution in [0.15, 0.2) is 18.2 Å². The van der Waals surface area contributed by atoms with Crippen LogP contribution in [-0.2, 0) is 0 Å². The second kappa shape index (κ2) is 5.57. The number of hydrogen-bond acceptors (Lipinski definition) is 2. The lowest BCUT2D eigenvalue weighted by Gasteiger charge is -2.28. The Morgan fingerprint density at radius 3 is 2.61 bits per heavy atom. The third kappa shape index (κ3) is 2.93. The Bertz CT molecular complexity index is 427. The number of Topliss-reactive ketones (excluding diaryl/α,β-unsaturated/α-hetero) is 1. The van der Waals surface area contributed by atoms with E-state index in [1.165, 1.54) is 6.07 Å². The fourth-order valence-electron chi connectivity index (χ4n) is 2.49. The fourth-order valence-corrected chi connectivity index (χ4v) is 2.49. The molecule has 2 atom stereocenters. The molecule has 0 saturated carbocycles. The van der Waals surface area contributed by atoms with Crippen LogP contribution >= 0.6 is 0 Å². The molecular weight excluding hydrogens is 236 g/mol. The normalized spacial score (nSPS) is 23.9. The van der Waals surface area contributed by atoms with Crippen LogP contribution in [0.2, 0.25) is 0 Å². The molecule has 0 aliphatic carbocycles. The predicted molar refractivity (Wildman–Crippen MR) is 65.5 cm³/mol. The van der Waals surface area contributed by atoms with Gasteiger partial charge in [-0.2, -0.15) is 0 Å². The van der Waals surface area contributed by atoms with E-state index in [4.69, 9.17) is 0 Å². The van der Waals surface area contributed by atoms with Gasteiger partial charge in [-0.05, 0) is 31.9 Å². The molecule has 1 N–H and O–H groups in total. The summed E-state index contributed by atoms with van der Waals surface area (Å²) in [4.78, 5) is 11.9. The van der Waals surface area contributed by atoms with Crippen LogP contribution in [0, 0.1) is 11.6 Å². The Morgan fingerprint density at radius 1 is 1.33 bits per heavy atom. The lowest BCUT2D eigenvalue weighted by molar-refractivity contribution is 0.0951. The monoisotopic (exact) mass is 253 g/mol. The van der Waals surface area contributed by atoms with Crippen LogP contribution in [0.5, 0.6) is 0 Å². The lowest BCUT2D eigenvalue weighted by atomic mass is 9.94. The topological polar surface area (TPSA) is 29.1 Å². The molecule has 2 rings (SSSR count). The standard InChI is InChI=1S/C14H17F2NO/c1-9-4-2-5-10(17-9)8-13(18)14-11(15)6-3-7-12(14)16/h3,6-7,9-10,17H,2,4-5,8H2,1H3. The molecule has 1 aliphatic rings. The first-order valence-electron chi connectivity index (χ1n) is 6.31.